The summed E-state index contributed by atoms with van der Waals surface area (Å²) in [5, 5.41) is 3.01. The number of thiocarbonyl (C=S) groups is 1. The predicted octanol–water partition coefficient (Wildman–Crippen LogP) is 3.46. The van der Waals surface area contributed by atoms with Gasteiger partial charge in [-0.25, -0.2) is 4.98 Å². The molecule has 15 heavy (non-hydrogen) atoms. The Bertz CT molecular complexity index is 489. The maximum atomic E-state index is 5.47. The summed E-state index contributed by atoms with van der Waals surface area (Å²) in [5.74, 6) is 0. The molecule has 0 radical (unpaired) electrons. The fraction of sp³-hybridized carbons (Fsp3) is 0.111. The lowest BCUT2D eigenvalue weighted by atomic mass is 10.4. The highest BCUT2D eigenvalue weighted by atomic mass is 79.9. The van der Waals surface area contributed by atoms with E-state index in [1.807, 2.05) is 17.5 Å². The van der Waals surface area contributed by atoms with E-state index in [1.54, 1.807) is 22.7 Å². The van der Waals surface area contributed by atoms with Gasteiger partial charge < -0.3 is 5.73 Å². The van der Waals surface area contributed by atoms with Gasteiger partial charge >= 0.3 is 0 Å². The second-order valence-electron chi connectivity index (χ2n) is 2.87. The molecule has 0 aliphatic heterocycles. The minimum absolute atomic E-state index is 0.489. The van der Waals surface area contributed by atoms with Crippen molar-refractivity contribution >= 4 is 55.8 Å². The summed E-state index contributed by atoms with van der Waals surface area (Å²) in [6, 6.07) is 4.07. The van der Waals surface area contributed by atoms with E-state index in [1.165, 1.54) is 0 Å². The maximum Gasteiger partial charge on any atom is 0.100 e. The number of aromatic nitrogens is 1. The van der Waals surface area contributed by atoms with Crippen LogP contribution in [-0.4, -0.2) is 9.97 Å². The highest BCUT2D eigenvalue weighted by Crippen LogP contribution is 2.31. The maximum absolute atomic E-state index is 5.47. The summed E-state index contributed by atoms with van der Waals surface area (Å²) in [5.41, 5.74) is 6.47. The Kier molecular flexibility index (Phi) is 3.50. The van der Waals surface area contributed by atoms with Crippen LogP contribution in [0.15, 0.2) is 21.3 Å². The topological polar surface area (TPSA) is 38.9 Å². The van der Waals surface area contributed by atoms with Gasteiger partial charge in [0, 0.05) is 11.8 Å². The van der Waals surface area contributed by atoms with Crippen LogP contribution in [0.25, 0.3) is 10.6 Å². The number of halogens is 1. The Morgan fingerprint density at radius 3 is 2.93 bits per heavy atom. The van der Waals surface area contributed by atoms with Crippen molar-refractivity contribution < 1.29 is 0 Å². The molecule has 0 saturated carbocycles. The smallest absolute Gasteiger partial charge is 0.100 e. The van der Waals surface area contributed by atoms with Crippen molar-refractivity contribution in [2.45, 2.75) is 6.42 Å². The third-order valence-electron chi connectivity index (χ3n) is 1.70. The van der Waals surface area contributed by atoms with Crippen molar-refractivity contribution in [1.82, 2.24) is 4.98 Å². The van der Waals surface area contributed by atoms with Crippen LogP contribution >= 0.6 is 50.8 Å². The van der Waals surface area contributed by atoms with Crippen LogP contribution in [0.1, 0.15) is 5.01 Å². The number of rotatable bonds is 3. The van der Waals surface area contributed by atoms with Crippen molar-refractivity contribution in [3.63, 3.8) is 0 Å². The number of nitrogens with two attached hydrogens (primary N) is 1. The molecule has 0 spiro atoms. The Hall–Kier alpha value is -0.300. The van der Waals surface area contributed by atoms with Crippen molar-refractivity contribution in [1.29, 1.82) is 0 Å². The summed E-state index contributed by atoms with van der Waals surface area (Å²) in [4.78, 5) is 6.12. The molecular weight excluding hydrogens is 312 g/mol. The molecule has 0 amide bonds. The van der Waals surface area contributed by atoms with Gasteiger partial charge in [-0.1, -0.05) is 12.2 Å². The summed E-state index contributed by atoms with van der Waals surface area (Å²) < 4.78 is 1.11. The minimum atomic E-state index is 0.489. The van der Waals surface area contributed by atoms with Crippen molar-refractivity contribution in [2.24, 2.45) is 5.73 Å². The minimum Gasteiger partial charge on any atom is -0.393 e. The standard InChI is InChI=1S/C9H7BrN2S3/c10-7-2-1-6(15-7)5-4-14-9(12-5)3-8(11)13/h1-2,4H,3H2,(H2,11,13). The third kappa shape index (κ3) is 2.84. The van der Waals surface area contributed by atoms with Gasteiger partial charge in [0.25, 0.3) is 0 Å². The molecular formula is C9H7BrN2S3. The molecule has 2 N–H and O–H groups in total. The van der Waals surface area contributed by atoms with Gasteiger partial charge in [-0.15, -0.1) is 22.7 Å². The highest BCUT2D eigenvalue weighted by molar-refractivity contribution is 9.11. The molecule has 0 fully saturated rings. The second-order valence-corrected chi connectivity index (χ2v) is 6.80. The molecule has 2 rings (SSSR count). The van der Waals surface area contributed by atoms with Crippen LogP contribution < -0.4 is 5.73 Å². The SMILES string of the molecule is NC(=S)Cc1nc(-c2ccc(Br)s2)cs1. The van der Waals surface area contributed by atoms with Crippen molar-refractivity contribution in [2.75, 3.05) is 0 Å². The lowest BCUT2D eigenvalue weighted by Crippen LogP contribution is -2.10. The van der Waals surface area contributed by atoms with Crippen molar-refractivity contribution in [3.8, 4) is 10.6 Å². The Morgan fingerprint density at radius 1 is 1.53 bits per heavy atom. The van der Waals surface area contributed by atoms with Gasteiger partial charge in [0.05, 0.1) is 19.3 Å². The number of hydrogen-bond acceptors (Lipinski definition) is 4. The molecule has 78 valence electrons. The zero-order valence-electron chi connectivity index (χ0n) is 7.57. The lowest BCUT2D eigenvalue weighted by molar-refractivity contribution is 1.23. The first-order valence-electron chi connectivity index (χ1n) is 4.13. The van der Waals surface area contributed by atoms with Crippen LogP contribution in [0.2, 0.25) is 0 Å². The van der Waals surface area contributed by atoms with Crippen LogP contribution in [0.5, 0.6) is 0 Å². The summed E-state index contributed by atoms with van der Waals surface area (Å²) in [7, 11) is 0. The predicted molar refractivity (Wildman–Crippen MR) is 73.6 cm³/mol. The molecule has 2 nitrogen and oxygen atoms in total. The summed E-state index contributed by atoms with van der Waals surface area (Å²) >= 11 is 11.5. The average Bonchev–Trinajstić information content (AvgIpc) is 2.72. The lowest BCUT2D eigenvalue weighted by Gasteiger charge is -1.91. The van der Waals surface area contributed by atoms with E-state index in [2.05, 4.69) is 20.9 Å². The molecule has 0 aliphatic carbocycles. The number of thiazole rings is 1. The first-order chi connectivity index (χ1) is 7.15. The zero-order valence-corrected chi connectivity index (χ0v) is 11.6. The van der Waals surface area contributed by atoms with E-state index in [-0.39, 0.29) is 0 Å². The van der Waals surface area contributed by atoms with E-state index in [0.717, 1.165) is 19.4 Å². The van der Waals surface area contributed by atoms with Gasteiger partial charge in [0.2, 0.25) is 0 Å². The van der Waals surface area contributed by atoms with E-state index in [9.17, 15) is 0 Å². The molecule has 2 heterocycles. The van der Waals surface area contributed by atoms with Gasteiger partial charge in [-0.05, 0) is 28.1 Å². The first-order valence-corrected chi connectivity index (χ1v) is 7.03. The monoisotopic (exact) mass is 318 g/mol. The fourth-order valence-corrected chi connectivity index (χ4v) is 3.57. The van der Waals surface area contributed by atoms with Crippen LogP contribution in [0, 0.1) is 0 Å². The van der Waals surface area contributed by atoms with Crippen LogP contribution in [-0.2, 0) is 6.42 Å². The van der Waals surface area contributed by atoms with E-state index in [4.69, 9.17) is 18.0 Å². The molecule has 0 atom stereocenters. The number of thiophene rings is 1. The molecule has 0 bridgehead atoms. The van der Waals surface area contributed by atoms with E-state index < -0.39 is 0 Å². The Morgan fingerprint density at radius 2 is 2.33 bits per heavy atom. The molecule has 2 aromatic rings. The fourth-order valence-electron chi connectivity index (χ4n) is 1.11. The molecule has 0 saturated heterocycles. The highest BCUT2D eigenvalue weighted by Gasteiger charge is 2.07. The van der Waals surface area contributed by atoms with Gasteiger partial charge in [0.15, 0.2) is 0 Å². The molecule has 0 unspecified atom stereocenters. The van der Waals surface area contributed by atoms with Crippen LogP contribution in [0.3, 0.4) is 0 Å². The number of hydrogen-bond donors (Lipinski definition) is 1. The van der Waals surface area contributed by atoms with E-state index in [0.29, 0.717) is 11.4 Å². The summed E-state index contributed by atoms with van der Waals surface area (Å²) in [6.07, 6.45) is 0.590. The molecule has 0 aliphatic rings. The molecule has 6 heteroatoms. The quantitative estimate of drug-likeness (QED) is 0.881. The number of nitrogens with zero attached hydrogens (tertiary/aromatic N) is 1. The molecule has 2 aromatic heterocycles. The third-order valence-corrected chi connectivity index (χ3v) is 4.34. The summed E-state index contributed by atoms with van der Waals surface area (Å²) in [6.45, 7) is 0. The molecule has 0 aromatic carbocycles. The normalized spacial score (nSPS) is 10.5. The van der Waals surface area contributed by atoms with Gasteiger partial charge in [0.1, 0.15) is 5.01 Å². The average molecular weight is 319 g/mol. The van der Waals surface area contributed by atoms with Crippen molar-refractivity contribution in [3.05, 3.63) is 26.3 Å². The zero-order chi connectivity index (χ0) is 10.8. The second kappa shape index (κ2) is 4.69. The largest absolute Gasteiger partial charge is 0.393 e. The van der Waals surface area contributed by atoms with Gasteiger partial charge in [-0.3, -0.25) is 0 Å². The first kappa shape index (κ1) is 11.2. The Labute approximate surface area is 109 Å². The van der Waals surface area contributed by atoms with Crippen LogP contribution in [0.4, 0.5) is 0 Å². The van der Waals surface area contributed by atoms with E-state index >= 15 is 0 Å². The Balaban J connectivity index is 2.23. The van der Waals surface area contributed by atoms with Gasteiger partial charge in [-0.2, -0.15) is 0 Å².